The molecule has 0 heterocycles. The number of nitrogens with two attached hydrogens (primary N) is 1. The van der Waals surface area contributed by atoms with E-state index < -0.39 is 11.3 Å². The number of hydrogen-bond acceptors (Lipinski definition) is 2. The van der Waals surface area contributed by atoms with Crippen LogP contribution in [0.5, 0.6) is 0 Å². The van der Waals surface area contributed by atoms with E-state index in [2.05, 4.69) is 0 Å². The van der Waals surface area contributed by atoms with Crippen molar-refractivity contribution in [2.75, 3.05) is 6.54 Å². The molecule has 5 heteroatoms. The Morgan fingerprint density at radius 3 is 2.40 bits per heavy atom. The summed E-state index contributed by atoms with van der Waals surface area (Å²) in [7, 11) is 0. The van der Waals surface area contributed by atoms with Gasteiger partial charge >= 0.3 is 0 Å². The van der Waals surface area contributed by atoms with Gasteiger partial charge in [0.05, 0.1) is 6.54 Å². The van der Waals surface area contributed by atoms with Gasteiger partial charge in [-0.1, -0.05) is 43.2 Å². The summed E-state index contributed by atoms with van der Waals surface area (Å²) in [5.41, 5.74) is 6.00. The lowest BCUT2D eigenvalue weighted by atomic mass is 10.1. The number of halogens is 1. The number of primary amides is 1. The third-order valence-electron chi connectivity index (χ3n) is 3.68. The van der Waals surface area contributed by atoms with Gasteiger partial charge in [-0.05, 0) is 18.4 Å². The Labute approximate surface area is 123 Å². The second-order valence-corrected chi connectivity index (χ2v) is 5.58. The number of hydrogen-bond donors (Lipinski definition) is 1. The summed E-state index contributed by atoms with van der Waals surface area (Å²) >= 11 is 6.27. The highest BCUT2D eigenvalue weighted by atomic mass is 35.5. The van der Waals surface area contributed by atoms with Crippen molar-refractivity contribution in [3.8, 4) is 0 Å². The Kier molecular flexibility index (Phi) is 5.01. The smallest absolute Gasteiger partial charge is 0.245 e. The molecule has 0 bridgehead atoms. The molecule has 0 aliphatic heterocycles. The first-order valence-electron chi connectivity index (χ1n) is 6.87. The maximum atomic E-state index is 12.6. The molecule has 0 aromatic heterocycles. The Hall–Kier alpha value is -1.55. The number of amides is 2. The summed E-state index contributed by atoms with van der Waals surface area (Å²) in [6.45, 7) is -0.0560. The van der Waals surface area contributed by atoms with Gasteiger partial charge in [-0.3, -0.25) is 9.59 Å². The van der Waals surface area contributed by atoms with Crippen molar-refractivity contribution >= 4 is 23.4 Å². The van der Waals surface area contributed by atoms with Crippen LogP contribution in [-0.4, -0.2) is 29.3 Å². The molecule has 20 heavy (non-hydrogen) atoms. The van der Waals surface area contributed by atoms with Crippen molar-refractivity contribution in [2.45, 2.75) is 37.1 Å². The molecule has 108 valence electrons. The molecule has 0 saturated heterocycles. The van der Waals surface area contributed by atoms with Crippen LogP contribution in [-0.2, 0) is 9.59 Å². The molecule has 1 aromatic carbocycles. The van der Waals surface area contributed by atoms with E-state index in [1.807, 2.05) is 30.3 Å². The zero-order valence-electron chi connectivity index (χ0n) is 11.3. The number of benzene rings is 1. The predicted molar refractivity (Wildman–Crippen MR) is 78.2 cm³/mol. The van der Waals surface area contributed by atoms with Gasteiger partial charge in [-0.25, -0.2) is 0 Å². The Morgan fingerprint density at radius 1 is 1.25 bits per heavy atom. The topological polar surface area (TPSA) is 63.4 Å². The van der Waals surface area contributed by atoms with E-state index in [4.69, 9.17) is 17.3 Å². The minimum absolute atomic E-state index is 0.0560. The molecule has 0 spiro atoms. The maximum Gasteiger partial charge on any atom is 0.245 e. The van der Waals surface area contributed by atoms with Gasteiger partial charge in [0.2, 0.25) is 11.8 Å². The molecule has 1 unspecified atom stereocenters. The maximum absolute atomic E-state index is 12.6. The van der Waals surface area contributed by atoms with E-state index in [1.54, 1.807) is 4.90 Å². The van der Waals surface area contributed by atoms with Crippen LogP contribution in [0, 0.1) is 0 Å². The third-order valence-corrected chi connectivity index (χ3v) is 4.12. The van der Waals surface area contributed by atoms with Crippen molar-refractivity contribution in [3.63, 3.8) is 0 Å². The van der Waals surface area contributed by atoms with Gasteiger partial charge in [-0.15, -0.1) is 11.6 Å². The van der Waals surface area contributed by atoms with E-state index in [0.717, 1.165) is 31.2 Å². The molecular formula is C15H19ClN2O2. The fourth-order valence-corrected chi connectivity index (χ4v) is 2.95. The Bertz CT molecular complexity index is 472. The summed E-state index contributed by atoms with van der Waals surface area (Å²) in [4.78, 5) is 25.3. The third kappa shape index (κ3) is 3.51. The van der Waals surface area contributed by atoms with Crippen LogP contribution in [0.3, 0.4) is 0 Å². The van der Waals surface area contributed by atoms with Crippen molar-refractivity contribution in [1.82, 2.24) is 4.90 Å². The van der Waals surface area contributed by atoms with Crippen molar-refractivity contribution in [1.29, 1.82) is 0 Å². The average molecular weight is 295 g/mol. The zero-order valence-corrected chi connectivity index (χ0v) is 12.1. The van der Waals surface area contributed by atoms with Crippen LogP contribution in [0.25, 0.3) is 0 Å². The van der Waals surface area contributed by atoms with Crippen LogP contribution in [0.4, 0.5) is 0 Å². The summed E-state index contributed by atoms with van der Waals surface area (Å²) in [5.74, 6) is -0.731. The molecule has 1 atom stereocenters. The quantitative estimate of drug-likeness (QED) is 0.846. The van der Waals surface area contributed by atoms with Gasteiger partial charge in [0.15, 0.2) is 0 Å². The van der Waals surface area contributed by atoms with Crippen LogP contribution in [0.1, 0.15) is 36.6 Å². The van der Waals surface area contributed by atoms with Gasteiger partial charge in [0.25, 0.3) is 0 Å². The highest BCUT2D eigenvalue weighted by Gasteiger charge is 2.32. The molecule has 1 aliphatic rings. The lowest BCUT2D eigenvalue weighted by Crippen LogP contribution is -2.45. The summed E-state index contributed by atoms with van der Waals surface area (Å²) in [5, 5.41) is -0.767. The largest absolute Gasteiger partial charge is 0.368 e. The monoisotopic (exact) mass is 294 g/mol. The normalized spacial score (nSPS) is 16.9. The highest BCUT2D eigenvalue weighted by Crippen LogP contribution is 2.29. The fraction of sp³-hybridized carbons (Fsp3) is 0.467. The summed E-state index contributed by atoms with van der Waals surface area (Å²) in [6.07, 6.45) is 3.98. The minimum atomic E-state index is -0.767. The van der Waals surface area contributed by atoms with E-state index in [1.165, 1.54) is 0 Å². The van der Waals surface area contributed by atoms with Crippen LogP contribution < -0.4 is 5.73 Å². The SMILES string of the molecule is NC(=O)CN(C(=O)C(Cl)c1ccccc1)C1CCCC1. The Morgan fingerprint density at radius 2 is 1.85 bits per heavy atom. The molecule has 2 amide bonds. The van der Waals surface area contributed by atoms with Crippen molar-refractivity contribution < 1.29 is 9.59 Å². The lowest BCUT2D eigenvalue weighted by molar-refractivity contribution is -0.137. The first-order valence-corrected chi connectivity index (χ1v) is 7.31. The molecule has 2 N–H and O–H groups in total. The molecule has 0 radical (unpaired) electrons. The standard InChI is InChI=1S/C15H19ClN2O2/c16-14(11-6-2-1-3-7-11)15(20)18(10-13(17)19)12-8-4-5-9-12/h1-3,6-7,12,14H,4-5,8-10H2,(H2,17,19). The van der Waals surface area contributed by atoms with Crippen LogP contribution >= 0.6 is 11.6 Å². The van der Waals surface area contributed by atoms with E-state index >= 15 is 0 Å². The summed E-state index contributed by atoms with van der Waals surface area (Å²) < 4.78 is 0. The number of carbonyl (C=O) groups excluding carboxylic acids is 2. The molecule has 1 saturated carbocycles. The number of carbonyl (C=O) groups is 2. The number of rotatable bonds is 5. The van der Waals surface area contributed by atoms with Gasteiger partial charge < -0.3 is 10.6 Å². The van der Waals surface area contributed by atoms with Crippen molar-refractivity contribution in [3.05, 3.63) is 35.9 Å². The zero-order chi connectivity index (χ0) is 14.5. The molecule has 2 rings (SSSR count). The van der Waals surface area contributed by atoms with Crippen molar-refractivity contribution in [2.24, 2.45) is 5.73 Å². The molecule has 1 fully saturated rings. The highest BCUT2D eigenvalue weighted by molar-refractivity contribution is 6.30. The van der Waals surface area contributed by atoms with E-state index in [9.17, 15) is 9.59 Å². The van der Waals surface area contributed by atoms with Gasteiger partial charge in [0, 0.05) is 6.04 Å². The summed E-state index contributed by atoms with van der Waals surface area (Å²) in [6, 6.07) is 9.26. The van der Waals surface area contributed by atoms with Gasteiger partial charge in [0.1, 0.15) is 5.38 Å². The second-order valence-electron chi connectivity index (χ2n) is 5.14. The lowest BCUT2D eigenvalue weighted by Gasteiger charge is -2.29. The predicted octanol–water partition coefficient (Wildman–Crippen LogP) is 2.22. The van der Waals surface area contributed by atoms with E-state index in [-0.39, 0.29) is 18.5 Å². The number of nitrogens with zero attached hydrogens (tertiary/aromatic N) is 1. The second kappa shape index (κ2) is 6.75. The van der Waals surface area contributed by atoms with Crippen LogP contribution in [0.15, 0.2) is 30.3 Å². The Balaban J connectivity index is 2.15. The average Bonchev–Trinajstić information content (AvgIpc) is 2.98. The number of alkyl halides is 1. The molecule has 1 aliphatic carbocycles. The first kappa shape index (κ1) is 14.9. The molecule has 1 aromatic rings. The molecule has 4 nitrogen and oxygen atoms in total. The van der Waals surface area contributed by atoms with E-state index in [0.29, 0.717) is 0 Å². The van der Waals surface area contributed by atoms with Gasteiger partial charge in [-0.2, -0.15) is 0 Å². The minimum Gasteiger partial charge on any atom is -0.368 e. The molecular weight excluding hydrogens is 276 g/mol. The fourth-order valence-electron chi connectivity index (χ4n) is 2.68. The first-order chi connectivity index (χ1) is 9.59. The van der Waals surface area contributed by atoms with Crippen LogP contribution in [0.2, 0.25) is 0 Å².